The lowest BCUT2D eigenvalue weighted by atomic mass is 10.1. The third-order valence-electron chi connectivity index (χ3n) is 1.40. The first kappa shape index (κ1) is 12.7. The monoisotopic (exact) mass is 211 g/mol. The Labute approximate surface area is 88.2 Å². The largest absolute Gasteiger partial charge is 0.364 e. The van der Waals surface area contributed by atoms with Gasteiger partial charge in [-0.05, 0) is 19.2 Å². The van der Waals surface area contributed by atoms with Crippen LogP contribution in [0.2, 0.25) is 0 Å². The summed E-state index contributed by atoms with van der Waals surface area (Å²) in [6.45, 7) is 0. The zero-order valence-electron chi connectivity index (χ0n) is 7.82. The van der Waals surface area contributed by atoms with Crippen LogP contribution in [0.1, 0.15) is 5.56 Å². The summed E-state index contributed by atoms with van der Waals surface area (Å²) in [5.41, 5.74) is 9.76. The molecule has 1 rings (SSSR count). The van der Waals surface area contributed by atoms with Crippen molar-refractivity contribution in [1.82, 2.24) is 0 Å². The van der Waals surface area contributed by atoms with Crippen LogP contribution < -0.4 is 11.5 Å². The Morgan fingerprint density at radius 2 is 1.71 bits per heavy atom. The zero-order valence-corrected chi connectivity index (χ0v) is 8.71. The molecule has 4 nitrogen and oxygen atoms in total. The van der Waals surface area contributed by atoms with Gasteiger partial charge in [-0.2, -0.15) is 0 Å². The number of nitrogens with one attached hydrogen (secondary N) is 1. The summed E-state index contributed by atoms with van der Waals surface area (Å²) in [6.07, 6.45) is 0. The Hall–Kier alpha value is -1.33. The normalized spacial score (nSPS) is 8.50. The van der Waals surface area contributed by atoms with Crippen LogP contribution in [0.3, 0.4) is 0 Å². The van der Waals surface area contributed by atoms with Gasteiger partial charge in [-0.25, -0.2) is 0 Å². The average Bonchev–Trinajstić information content (AvgIpc) is 2.21. The molecule has 5 heteroatoms. The van der Waals surface area contributed by atoms with Gasteiger partial charge in [-0.1, -0.05) is 12.1 Å². The Balaban J connectivity index is 0.000000791. The Morgan fingerprint density at radius 1 is 1.29 bits per heavy atom. The lowest BCUT2D eigenvalue weighted by Gasteiger charge is -1.98. The van der Waals surface area contributed by atoms with E-state index < -0.39 is 5.91 Å². The summed E-state index contributed by atoms with van der Waals surface area (Å²) >= 11 is 4.07. The molecule has 1 aromatic carbocycles. The van der Waals surface area contributed by atoms with E-state index in [0.29, 0.717) is 5.56 Å². The Morgan fingerprint density at radius 3 is 2.07 bits per heavy atom. The van der Waals surface area contributed by atoms with Crippen LogP contribution in [0.15, 0.2) is 29.2 Å². The summed E-state index contributed by atoms with van der Waals surface area (Å²) in [6, 6.07) is 6.68. The van der Waals surface area contributed by atoms with E-state index in [1.165, 1.54) is 7.05 Å². The molecule has 0 fully saturated rings. The van der Waals surface area contributed by atoms with Gasteiger partial charge in [-0.3, -0.25) is 10.2 Å². The molecule has 0 aliphatic carbocycles. The van der Waals surface area contributed by atoms with Crippen LogP contribution in [-0.2, 0) is 4.79 Å². The van der Waals surface area contributed by atoms with Crippen molar-refractivity contribution in [1.29, 1.82) is 5.41 Å². The molecular formula is C9H13N3OS. The molecule has 0 radical (unpaired) electrons. The molecule has 0 saturated heterocycles. The van der Waals surface area contributed by atoms with Crippen molar-refractivity contribution >= 4 is 24.2 Å². The number of amides is 1. The predicted octanol–water partition coefficient (Wildman–Crippen LogP) is 0.403. The number of rotatable bonds is 2. The van der Waals surface area contributed by atoms with E-state index in [0.717, 1.165) is 4.90 Å². The average molecular weight is 211 g/mol. The van der Waals surface area contributed by atoms with Crippen molar-refractivity contribution in [3.63, 3.8) is 0 Å². The summed E-state index contributed by atoms with van der Waals surface area (Å²) in [4.78, 5) is 11.4. The molecule has 0 bridgehead atoms. The molecule has 5 N–H and O–H groups in total. The van der Waals surface area contributed by atoms with Crippen molar-refractivity contribution in [3.8, 4) is 0 Å². The number of benzene rings is 1. The summed E-state index contributed by atoms with van der Waals surface area (Å²) in [5, 5.41) is 7.26. The summed E-state index contributed by atoms with van der Waals surface area (Å²) < 4.78 is 0. The minimum Gasteiger partial charge on any atom is -0.364 e. The maximum atomic E-state index is 10.6. The molecule has 0 aliphatic rings. The van der Waals surface area contributed by atoms with Gasteiger partial charge in [0.15, 0.2) is 0 Å². The lowest BCUT2D eigenvalue weighted by Crippen LogP contribution is -2.22. The number of hydrogen-bond acceptors (Lipinski definition) is 4. The minimum atomic E-state index is -0.720. The zero-order chi connectivity index (χ0) is 11.1. The van der Waals surface area contributed by atoms with Crippen LogP contribution in [-0.4, -0.2) is 18.7 Å². The van der Waals surface area contributed by atoms with Crippen molar-refractivity contribution in [2.45, 2.75) is 4.90 Å². The third kappa shape index (κ3) is 3.59. The number of primary amides is 1. The highest BCUT2D eigenvalue weighted by Gasteiger charge is 2.05. The van der Waals surface area contributed by atoms with E-state index in [2.05, 4.69) is 18.4 Å². The molecule has 0 heterocycles. The van der Waals surface area contributed by atoms with Crippen LogP contribution in [0.25, 0.3) is 0 Å². The van der Waals surface area contributed by atoms with E-state index in [9.17, 15) is 4.79 Å². The topological polar surface area (TPSA) is 93.0 Å². The van der Waals surface area contributed by atoms with Crippen molar-refractivity contribution < 1.29 is 4.79 Å². The third-order valence-corrected chi connectivity index (χ3v) is 1.70. The Bertz CT molecular complexity index is 321. The number of nitrogens with two attached hydrogens (primary N) is 2. The van der Waals surface area contributed by atoms with Gasteiger partial charge in [0.25, 0.3) is 5.91 Å². The molecule has 1 aromatic rings. The quantitative estimate of drug-likeness (QED) is 0.421. The first-order valence-electron chi connectivity index (χ1n) is 3.87. The van der Waals surface area contributed by atoms with Gasteiger partial charge in [0.1, 0.15) is 5.71 Å². The number of thiol groups is 1. The predicted molar refractivity (Wildman–Crippen MR) is 59.8 cm³/mol. The minimum absolute atomic E-state index is 0.177. The van der Waals surface area contributed by atoms with E-state index in [4.69, 9.17) is 11.1 Å². The van der Waals surface area contributed by atoms with Crippen molar-refractivity contribution in [3.05, 3.63) is 29.8 Å². The highest BCUT2D eigenvalue weighted by atomic mass is 32.1. The molecule has 0 unspecified atom stereocenters. The van der Waals surface area contributed by atoms with E-state index >= 15 is 0 Å². The number of hydrogen-bond donors (Lipinski definition) is 4. The van der Waals surface area contributed by atoms with Gasteiger partial charge in [0.2, 0.25) is 0 Å². The van der Waals surface area contributed by atoms with Gasteiger partial charge >= 0.3 is 0 Å². The molecular weight excluding hydrogens is 198 g/mol. The number of carbonyl (C=O) groups excluding carboxylic acids is 1. The van der Waals surface area contributed by atoms with E-state index in [-0.39, 0.29) is 5.71 Å². The molecule has 0 saturated carbocycles. The van der Waals surface area contributed by atoms with Crippen molar-refractivity contribution in [2.75, 3.05) is 7.05 Å². The molecule has 0 atom stereocenters. The van der Waals surface area contributed by atoms with Crippen LogP contribution in [0, 0.1) is 5.41 Å². The molecule has 1 amide bonds. The first-order chi connectivity index (χ1) is 6.61. The second kappa shape index (κ2) is 6.17. The van der Waals surface area contributed by atoms with Gasteiger partial charge in [-0.15, -0.1) is 12.6 Å². The van der Waals surface area contributed by atoms with Gasteiger partial charge in [0.05, 0.1) is 0 Å². The molecule has 0 aromatic heterocycles. The maximum Gasteiger partial charge on any atom is 0.267 e. The van der Waals surface area contributed by atoms with Crippen molar-refractivity contribution in [2.24, 2.45) is 11.5 Å². The second-order valence-electron chi connectivity index (χ2n) is 2.29. The van der Waals surface area contributed by atoms with Gasteiger partial charge < -0.3 is 11.5 Å². The molecule has 0 aliphatic heterocycles. The van der Waals surface area contributed by atoms with E-state index in [1.54, 1.807) is 24.3 Å². The summed E-state index contributed by atoms with van der Waals surface area (Å²) in [5.74, 6) is -0.720. The lowest BCUT2D eigenvalue weighted by molar-refractivity contribution is -0.112. The first-order valence-corrected chi connectivity index (χ1v) is 4.31. The van der Waals surface area contributed by atoms with E-state index in [1.807, 2.05) is 0 Å². The van der Waals surface area contributed by atoms with Gasteiger partial charge in [0, 0.05) is 10.5 Å². The van der Waals surface area contributed by atoms with Crippen LogP contribution >= 0.6 is 12.6 Å². The van der Waals surface area contributed by atoms with Crippen LogP contribution in [0.5, 0.6) is 0 Å². The fourth-order valence-corrected chi connectivity index (χ4v) is 0.919. The fourth-order valence-electron chi connectivity index (χ4n) is 0.770. The SMILES string of the molecule is CN.N=C(C(N)=O)c1ccc(S)cc1. The fraction of sp³-hybridized carbons (Fsp3) is 0.111. The molecule has 14 heavy (non-hydrogen) atoms. The molecule has 76 valence electrons. The second-order valence-corrected chi connectivity index (χ2v) is 2.80. The smallest absolute Gasteiger partial charge is 0.267 e. The van der Waals surface area contributed by atoms with Crippen LogP contribution in [0.4, 0.5) is 0 Å². The maximum absolute atomic E-state index is 10.6. The highest BCUT2D eigenvalue weighted by molar-refractivity contribution is 7.80. The molecule has 0 spiro atoms. The Kier molecular flexibility index (Phi) is 5.59. The summed E-state index contributed by atoms with van der Waals surface area (Å²) in [7, 11) is 1.50. The highest BCUT2D eigenvalue weighted by Crippen LogP contribution is 2.07. The number of carbonyl (C=O) groups is 1. The standard InChI is InChI=1S/C8H8N2OS.CH5N/c9-7(8(10)11)5-1-3-6(12)4-2-5;1-2/h1-4,9,12H,(H2,10,11);2H2,1H3.